The molecule has 1 aromatic carbocycles. The standard InChI is InChI=1S/C14H22ClN/c1-4-5-6-7-14(16)12-8-10(2)11(3)9-13(12)15/h8-9,14H,4-7,16H2,1-3H3. The molecule has 2 N–H and O–H groups in total. The Morgan fingerprint density at radius 3 is 2.44 bits per heavy atom. The number of nitrogens with two attached hydrogens (primary N) is 1. The van der Waals surface area contributed by atoms with Crippen LogP contribution in [0.3, 0.4) is 0 Å². The van der Waals surface area contributed by atoms with Crippen molar-refractivity contribution in [2.24, 2.45) is 5.73 Å². The minimum absolute atomic E-state index is 0.0818. The van der Waals surface area contributed by atoms with E-state index in [4.69, 9.17) is 17.3 Å². The summed E-state index contributed by atoms with van der Waals surface area (Å²) in [4.78, 5) is 0. The van der Waals surface area contributed by atoms with Crippen molar-refractivity contribution in [2.45, 2.75) is 52.5 Å². The molecular formula is C14H22ClN. The minimum Gasteiger partial charge on any atom is -0.324 e. The summed E-state index contributed by atoms with van der Waals surface area (Å²) in [6.45, 7) is 6.38. The molecule has 0 aliphatic carbocycles. The third-order valence-corrected chi connectivity index (χ3v) is 3.46. The largest absolute Gasteiger partial charge is 0.324 e. The van der Waals surface area contributed by atoms with Crippen LogP contribution in [-0.4, -0.2) is 0 Å². The lowest BCUT2D eigenvalue weighted by Crippen LogP contribution is -2.11. The summed E-state index contributed by atoms with van der Waals surface area (Å²) in [5.41, 5.74) is 9.77. The smallest absolute Gasteiger partial charge is 0.0456 e. The van der Waals surface area contributed by atoms with Crippen LogP contribution in [0.1, 0.15) is 55.3 Å². The van der Waals surface area contributed by atoms with Crippen molar-refractivity contribution in [3.8, 4) is 0 Å². The first-order valence-electron chi connectivity index (χ1n) is 6.08. The van der Waals surface area contributed by atoms with Crippen LogP contribution in [0.15, 0.2) is 12.1 Å². The summed E-state index contributed by atoms with van der Waals surface area (Å²) in [5, 5.41) is 0.812. The lowest BCUT2D eigenvalue weighted by molar-refractivity contribution is 0.581. The van der Waals surface area contributed by atoms with E-state index in [-0.39, 0.29) is 6.04 Å². The fourth-order valence-corrected chi connectivity index (χ4v) is 2.22. The number of hydrogen-bond donors (Lipinski definition) is 1. The Labute approximate surface area is 104 Å². The second-order valence-electron chi connectivity index (χ2n) is 4.56. The van der Waals surface area contributed by atoms with Crippen molar-refractivity contribution in [2.75, 3.05) is 0 Å². The molecule has 0 aliphatic rings. The van der Waals surface area contributed by atoms with Crippen LogP contribution in [0.2, 0.25) is 5.02 Å². The molecule has 0 radical (unpaired) electrons. The Morgan fingerprint density at radius 2 is 1.81 bits per heavy atom. The lowest BCUT2D eigenvalue weighted by Gasteiger charge is -2.15. The van der Waals surface area contributed by atoms with E-state index < -0.39 is 0 Å². The van der Waals surface area contributed by atoms with Gasteiger partial charge in [0.2, 0.25) is 0 Å². The Kier molecular flexibility index (Phi) is 5.30. The summed E-state index contributed by atoms with van der Waals surface area (Å²) in [7, 11) is 0. The molecule has 0 amide bonds. The van der Waals surface area contributed by atoms with Gasteiger partial charge in [0, 0.05) is 11.1 Å². The molecule has 1 rings (SSSR count). The van der Waals surface area contributed by atoms with E-state index in [1.165, 1.54) is 30.4 Å². The highest BCUT2D eigenvalue weighted by Gasteiger charge is 2.11. The molecule has 1 aromatic rings. The molecule has 16 heavy (non-hydrogen) atoms. The molecule has 1 nitrogen and oxygen atoms in total. The summed E-state index contributed by atoms with van der Waals surface area (Å²) in [5.74, 6) is 0. The second-order valence-corrected chi connectivity index (χ2v) is 4.97. The molecule has 0 saturated heterocycles. The average Bonchev–Trinajstić information content (AvgIpc) is 2.23. The topological polar surface area (TPSA) is 26.0 Å². The summed E-state index contributed by atoms with van der Waals surface area (Å²) < 4.78 is 0. The van der Waals surface area contributed by atoms with E-state index in [2.05, 4.69) is 26.8 Å². The molecule has 0 aromatic heterocycles. The fourth-order valence-electron chi connectivity index (χ4n) is 1.86. The molecule has 0 heterocycles. The van der Waals surface area contributed by atoms with E-state index in [9.17, 15) is 0 Å². The lowest BCUT2D eigenvalue weighted by atomic mass is 9.97. The number of rotatable bonds is 5. The van der Waals surface area contributed by atoms with E-state index in [1.807, 2.05) is 6.07 Å². The number of unbranched alkanes of at least 4 members (excludes halogenated alkanes) is 2. The monoisotopic (exact) mass is 239 g/mol. The Bertz CT molecular complexity index is 347. The SMILES string of the molecule is CCCCCC(N)c1cc(C)c(C)cc1Cl. The third kappa shape index (κ3) is 3.50. The van der Waals surface area contributed by atoms with Crippen LogP contribution in [0.4, 0.5) is 0 Å². The summed E-state index contributed by atoms with van der Waals surface area (Å²) in [6.07, 6.45) is 4.68. The molecule has 0 saturated carbocycles. The van der Waals surface area contributed by atoms with Crippen LogP contribution < -0.4 is 5.73 Å². The van der Waals surface area contributed by atoms with Crippen molar-refractivity contribution in [3.63, 3.8) is 0 Å². The second kappa shape index (κ2) is 6.27. The Morgan fingerprint density at radius 1 is 1.19 bits per heavy atom. The molecule has 1 unspecified atom stereocenters. The van der Waals surface area contributed by atoms with E-state index in [0.717, 1.165) is 17.0 Å². The molecule has 0 bridgehead atoms. The number of halogens is 1. The first-order chi connectivity index (χ1) is 7.56. The first kappa shape index (κ1) is 13.5. The van der Waals surface area contributed by atoms with Crippen LogP contribution in [0.5, 0.6) is 0 Å². The quantitative estimate of drug-likeness (QED) is 0.751. The first-order valence-corrected chi connectivity index (χ1v) is 6.46. The van der Waals surface area contributed by atoms with Gasteiger partial charge in [0.1, 0.15) is 0 Å². The summed E-state index contributed by atoms with van der Waals surface area (Å²) in [6, 6.07) is 4.23. The molecule has 2 heteroatoms. The van der Waals surface area contributed by atoms with E-state index in [1.54, 1.807) is 0 Å². The number of benzene rings is 1. The average molecular weight is 240 g/mol. The van der Waals surface area contributed by atoms with Gasteiger partial charge in [-0.05, 0) is 43.0 Å². The van der Waals surface area contributed by atoms with Gasteiger partial charge in [0.05, 0.1) is 0 Å². The van der Waals surface area contributed by atoms with Crippen LogP contribution in [0.25, 0.3) is 0 Å². The van der Waals surface area contributed by atoms with Crippen molar-refractivity contribution in [1.29, 1.82) is 0 Å². The molecule has 0 aliphatic heterocycles. The van der Waals surface area contributed by atoms with Crippen LogP contribution in [0, 0.1) is 13.8 Å². The zero-order valence-electron chi connectivity index (χ0n) is 10.5. The van der Waals surface area contributed by atoms with Gasteiger partial charge in [-0.2, -0.15) is 0 Å². The highest BCUT2D eigenvalue weighted by molar-refractivity contribution is 6.31. The molecule has 0 spiro atoms. The highest BCUT2D eigenvalue weighted by atomic mass is 35.5. The normalized spacial score (nSPS) is 12.8. The van der Waals surface area contributed by atoms with Crippen molar-refractivity contribution in [1.82, 2.24) is 0 Å². The van der Waals surface area contributed by atoms with Gasteiger partial charge in [-0.25, -0.2) is 0 Å². The Hall–Kier alpha value is -0.530. The Balaban J connectivity index is 2.75. The van der Waals surface area contributed by atoms with Gasteiger partial charge in [-0.1, -0.05) is 43.9 Å². The number of aryl methyl sites for hydroxylation is 2. The van der Waals surface area contributed by atoms with Crippen molar-refractivity contribution < 1.29 is 0 Å². The zero-order valence-corrected chi connectivity index (χ0v) is 11.3. The zero-order chi connectivity index (χ0) is 12.1. The van der Waals surface area contributed by atoms with Crippen molar-refractivity contribution >= 4 is 11.6 Å². The van der Waals surface area contributed by atoms with Gasteiger partial charge in [-0.3, -0.25) is 0 Å². The highest BCUT2D eigenvalue weighted by Crippen LogP contribution is 2.27. The van der Waals surface area contributed by atoms with Gasteiger partial charge >= 0.3 is 0 Å². The van der Waals surface area contributed by atoms with Crippen molar-refractivity contribution in [3.05, 3.63) is 33.8 Å². The van der Waals surface area contributed by atoms with Crippen LogP contribution >= 0.6 is 11.6 Å². The number of hydrogen-bond acceptors (Lipinski definition) is 1. The van der Waals surface area contributed by atoms with Gasteiger partial charge in [0.25, 0.3) is 0 Å². The predicted octanol–water partition coefficient (Wildman–Crippen LogP) is 4.54. The minimum atomic E-state index is 0.0818. The van der Waals surface area contributed by atoms with Gasteiger partial charge < -0.3 is 5.73 Å². The molecule has 90 valence electrons. The van der Waals surface area contributed by atoms with Gasteiger partial charge in [0.15, 0.2) is 0 Å². The maximum absolute atomic E-state index is 6.23. The van der Waals surface area contributed by atoms with E-state index in [0.29, 0.717) is 0 Å². The molecule has 0 fully saturated rings. The summed E-state index contributed by atoms with van der Waals surface area (Å²) >= 11 is 6.23. The molecular weight excluding hydrogens is 218 g/mol. The van der Waals surface area contributed by atoms with Gasteiger partial charge in [-0.15, -0.1) is 0 Å². The molecule has 1 atom stereocenters. The van der Waals surface area contributed by atoms with E-state index >= 15 is 0 Å². The maximum Gasteiger partial charge on any atom is 0.0456 e. The maximum atomic E-state index is 6.23. The fraction of sp³-hybridized carbons (Fsp3) is 0.571. The third-order valence-electron chi connectivity index (χ3n) is 3.13. The predicted molar refractivity (Wildman–Crippen MR) is 72.0 cm³/mol. The van der Waals surface area contributed by atoms with Crippen LogP contribution in [-0.2, 0) is 0 Å².